The van der Waals surface area contributed by atoms with Crippen LogP contribution in [0, 0.1) is 5.92 Å². The molecule has 0 saturated carbocycles. The van der Waals surface area contributed by atoms with Gasteiger partial charge in [-0.25, -0.2) is 4.98 Å². The predicted molar refractivity (Wildman–Crippen MR) is 139 cm³/mol. The number of aromatic nitrogens is 1. The molecule has 4 aromatic rings. The molecular weight excluding hydrogens is 452 g/mol. The smallest absolute Gasteiger partial charge is 0.254 e. The zero-order valence-corrected chi connectivity index (χ0v) is 20.6. The van der Waals surface area contributed by atoms with E-state index < -0.39 is 0 Å². The zero-order chi connectivity index (χ0) is 24.9. The van der Waals surface area contributed by atoms with Gasteiger partial charge >= 0.3 is 0 Å². The van der Waals surface area contributed by atoms with E-state index in [1.807, 2.05) is 47.4 Å². The highest BCUT2D eigenvalue weighted by molar-refractivity contribution is 6.00. The van der Waals surface area contributed by atoms with Gasteiger partial charge in [0, 0.05) is 24.7 Å². The maximum atomic E-state index is 13.5. The van der Waals surface area contributed by atoms with Gasteiger partial charge in [-0.3, -0.25) is 4.79 Å². The van der Waals surface area contributed by atoms with Crippen molar-refractivity contribution >= 4 is 5.91 Å². The van der Waals surface area contributed by atoms with E-state index in [1.165, 1.54) is 5.56 Å². The van der Waals surface area contributed by atoms with E-state index in [4.69, 9.17) is 13.9 Å². The molecule has 1 amide bonds. The summed E-state index contributed by atoms with van der Waals surface area (Å²) in [7, 11) is 3.22. The second-order valence-corrected chi connectivity index (χ2v) is 9.07. The predicted octanol–water partition coefficient (Wildman–Crippen LogP) is 6.12. The number of oxazole rings is 1. The van der Waals surface area contributed by atoms with Crippen LogP contribution >= 0.6 is 0 Å². The molecule has 2 heterocycles. The number of hydrogen-bond donors (Lipinski definition) is 0. The number of likely N-dealkylation sites (tertiary alicyclic amines) is 1. The highest BCUT2D eigenvalue weighted by atomic mass is 16.5. The lowest BCUT2D eigenvalue weighted by molar-refractivity contribution is 0.0691. The molecule has 1 aliphatic heterocycles. The molecule has 1 aliphatic rings. The lowest BCUT2D eigenvalue weighted by Gasteiger charge is -2.32. The molecule has 5 rings (SSSR count). The van der Waals surface area contributed by atoms with Crippen molar-refractivity contribution in [1.82, 2.24) is 9.88 Å². The molecule has 0 spiro atoms. The van der Waals surface area contributed by atoms with Crippen molar-refractivity contribution in [1.29, 1.82) is 0 Å². The fraction of sp³-hybridized carbons (Fsp3) is 0.267. The molecule has 0 unspecified atom stereocenters. The topological polar surface area (TPSA) is 64.8 Å². The first-order valence-electron chi connectivity index (χ1n) is 12.3. The summed E-state index contributed by atoms with van der Waals surface area (Å²) in [4.78, 5) is 20.0. The van der Waals surface area contributed by atoms with Crippen LogP contribution in [-0.4, -0.2) is 43.1 Å². The summed E-state index contributed by atoms with van der Waals surface area (Å²) in [5.41, 5.74) is 3.42. The molecule has 6 heteroatoms. The quantitative estimate of drug-likeness (QED) is 0.317. The Morgan fingerprint density at radius 2 is 1.69 bits per heavy atom. The standard InChI is InChI=1S/C30H30N2O4/c1-34-23-12-13-26(27(19-23)35-2)28-20-31-29(36-28)24-10-6-7-11-25(24)30(33)32-16-14-22(15-17-32)18-21-8-4-3-5-9-21/h3-13,19-20,22H,14-18H2,1-2H3. The van der Waals surface area contributed by atoms with Crippen LogP contribution in [0.15, 0.2) is 83.4 Å². The summed E-state index contributed by atoms with van der Waals surface area (Å²) in [5, 5.41) is 0. The van der Waals surface area contributed by atoms with E-state index in [0.29, 0.717) is 40.2 Å². The Labute approximate surface area is 211 Å². The van der Waals surface area contributed by atoms with Gasteiger partial charge in [-0.05, 0) is 55.0 Å². The normalized spacial score (nSPS) is 14.0. The summed E-state index contributed by atoms with van der Waals surface area (Å²) in [5.74, 6) is 2.91. The molecular formula is C30H30N2O4. The largest absolute Gasteiger partial charge is 0.497 e. The summed E-state index contributed by atoms with van der Waals surface area (Å²) < 4.78 is 16.9. The molecule has 184 valence electrons. The maximum absolute atomic E-state index is 13.5. The maximum Gasteiger partial charge on any atom is 0.254 e. The number of rotatable bonds is 7. The van der Waals surface area contributed by atoms with Crippen molar-refractivity contribution in [3.05, 3.63) is 90.1 Å². The molecule has 1 fully saturated rings. The van der Waals surface area contributed by atoms with Crippen LogP contribution in [0.25, 0.3) is 22.8 Å². The first kappa shape index (κ1) is 23.7. The Balaban J connectivity index is 1.33. The fourth-order valence-corrected chi connectivity index (χ4v) is 4.84. The number of amides is 1. The SMILES string of the molecule is COc1ccc(-c2cnc(-c3ccccc3C(=O)N3CCC(Cc4ccccc4)CC3)o2)c(OC)c1. The monoisotopic (exact) mass is 482 g/mol. The van der Waals surface area contributed by atoms with Gasteiger partial charge in [0.05, 0.1) is 31.5 Å². The molecule has 1 aromatic heterocycles. The molecule has 1 saturated heterocycles. The lowest BCUT2D eigenvalue weighted by Crippen LogP contribution is -2.39. The first-order valence-corrected chi connectivity index (χ1v) is 12.3. The van der Waals surface area contributed by atoms with E-state index in [1.54, 1.807) is 26.5 Å². The Hall–Kier alpha value is -4.06. The van der Waals surface area contributed by atoms with E-state index >= 15 is 0 Å². The minimum Gasteiger partial charge on any atom is -0.497 e. The van der Waals surface area contributed by atoms with Crippen molar-refractivity contribution < 1.29 is 18.7 Å². The van der Waals surface area contributed by atoms with E-state index in [2.05, 4.69) is 29.2 Å². The summed E-state index contributed by atoms with van der Waals surface area (Å²) in [6, 6.07) is 23.6. The van der Waals surface area contributed by atoms with Gasteiger partial charge in [0.2, 0.25) is 5.89 Å². The van der Waals surface area contributed by atoms with Gasteiger partial charge in [-0.2, -0.15) is 0 Å². The second kappa shape index (κ2) is 10.7. The van der Waals surface area contributed by atoms with Crippen molar-refractivity contribution in [2.75, 3.05) is 27.3 Å². The van der Waals surface area contributed by atoms with Crippen molar-refractivity contribution in [3.8, 4) is 34.3 Å². The number of methoxy groups -OCH3 is 2. The van der Waals surface area contributed by atoms with Crippen LogP contribution < -0.4 is 9.47 Å². The molecule has 36 heavy (non-hydrogen) atoms. The molecule has 0 radical (unpaired) electrons. The highest BCUT2D eigenvalue weighted by Gasteiger charge is 2.26. The average Bonchev–Trinajstić information content (AvgIpc) is 3.43. The minimum absolute atomic E-state index is 0.0190. The molecule has 6 nitrogen and oxygen atoms in total. The Bertz CT molecular complexity index is 1320. The third-order valence-corrected chi connectivity index (χ3v) is 6.84. The van der Waals surface area contributed by atoms with E-state index in [9.17, 15) is 4.79 Å². The summed E-state index contributed by atoms with van der Waals surface area (Å²) in [6.07, 6.45) is 4.73. The number of piperidine rings is 1. The molecule has 0 N–H and O–H groups in total. The number of hydrogen-bond acceptors (Lipinski definition) is 5. The highest BCUT2D eigenvalue weighted by Crippen LogP contribution is 2.36. The summed E-state index contributed by atoms with van der Waals surface area (Å²) in [6.45, 7) is 1.51. The molecule has 0 atom stereocenters. The van der Waals surface area contributed by atoms with Crippen LogP contribution in [0.2, 0.25) is 0 Å². The van der Waals surface area contributed by atoms with Gasteiger partial charge < -0.3 is 18.8 Å². The Morgan fingerprint density at radius 3 is 2.44 bits per heavy atom. The van der Waals surface area contributed by atoms with Crippen molar-refractivity contribution in [2.24, 2.45) is 5.92 Å². The molecule has 3 aromatic carbocycles. The Morgan fingerprint density at radius 1 is 0.944 bits per heavy atom. The van der Waals surface area contributed by atoms with Crippen molar-refractivity contribution in [3.63, 3.8) is 0 Å². The number of carbonyl (C=O) groups is 1. The van der Waals surface area contributed by atoms with Gasteiger partial charge in [-0.15, -0.1) is 0 Å². The van der Waals surface area contributed by atoms with E-state index in [0.717, 1.165) is 37.9 Å². The van der Waals surface area contributed by atoms with Gasteiger partial charge in [0.25, 0.3) is 5.91 Å². The van der Waals surface area contributed by atoms with Crippen LogP contribution in [0.3, 0.4) is 0 Å². The zero-order valence-electron chi connectivity index (χ0n) is 20.6. The van der Waals surface area contributed by atoms with Gasteiger partial charge in [-0.1, -0.05) is 42.5 Å². The number of benzene rings is 3. The lowest BCUT2D eigenvalue weighted by atomic mass is 9.90. The molecule has 0 aliphatic carbocycles. The summed E-state index contributed by atoms with van der Waals surface area (Å²) >= 11 is 0. The van der Waals surface area contributed by atoms with Gasteiger partial charge in [0.1, 0.15) is 11.5 Å². The average molecular weight is 483 g/mol. The van der Waals surface area contributed by atoms with Crippen LogP contribution in [0.1, 0.15) is 28.8 Å². The first-order chi connectivity index (χ1) is 17.7. The van der Waals surface area contributed by atoms with E-state index in [-0.39, 0.29) is 5.91 Å². The number of ether oxygens (including phenoxy) is 2. The minimum atomic E-state index is 0.0190. The number of carbonyl (C=O) groups excluding carboxylic acids is 1. The van der Waals surface area contributed by atoms with Crippen LogP contribution in [-0.2, 0) is 6.42 Å². The second-order valence-electron chi connectivity index (χ2n) is 9.07. The fourth-order valence-electron chi connectivity index (χ4n) is 4.84. The third-order valence-electron chi connectivity index (χ3n) is 6.84. The third kappa shape index (κ3) is 4.98. The Kier molecular flexibility index (Phi) is 7.03. The van der Waals surface area contributed by atoms with Gasteiger partial charge in [0.15, 0.2) is 5.76 Å². The van der Waals surface area contributed by atoms with Crippen LogP contribution in [0.4, 0.5) is 0 Å². The molecule has 0 bridgehead atoms. The van der Waals surface area contributed by atoms with Crippen molar-refractivity contribution in [2.45, 2.75) is 19.3 Å². The number of nitrogens with zero attached hydrogens (tertiary/aromatic N) is 2. The van der Waals surface area contributed by atoms with Crippen LogP contribution in [0.5, 0.6) is 11.5 Å².